The predicted molar refractivity (Wildman–Crippen MR) is 95.6 cm³/mol. The second-order valence-electron chi connectivity index (χ2n) is 5.67. The van der Waals surface area contributed by atoms with Gasteiger partial charge in [-0.15, -0.1) is 0 Å². The van der Waals surface area contributed by atoms with Crippen LogP contribution in [0.5, 0.6) is 23.0 Å². The molecule has 0 fully saturated rings. The summed E-state index contributed by atoms with van der Waals surface area (Å²) in [5.41, 5.74) is 0.672. The summed E-state index contributed by atoms with van der Waals surface area (Å²) < 4.78 is 26.0. The molecule has 3 rings (SSSR count). The fourth-order valence-electron chi connectivity index (χ4n) is 2.45. The molecule has 27 heavy (non-hydrogen) atoms. The van der Waals surface area contributed by atoms with Gasteiger partial charge in [-0.25, -0.2) is 4.79 Å². The number of benzene rings is 2. The molecule has 0 aromatic heterocycles. The minimum atomic E-state index is -1.03. The molecule has 1 aliphatic heterocycles. The second kappa shape index (κ2) is 7.86. The van der Waals surface area contributed by atoms with Crippen LogP contribution < -0.4 is 24.3 Å². The molecule has 8 nitrogen and oxygen atoms in total. The minimum absolute atomic E-state index is 0.106. The number of anilines is 1. The Bertz CT molecular complexity index is 865. The van der Waals surface area contributed by atoms with E-state index in [0.717, 1.165) is 0 Å². The van der Waals surface area contributed by atoms with Crippen molar-refractivity contribution < 1.29 is 33.3 Å². The first-order chi connectivity index (χ1) is 13.0. The molecule has 0 saturated heterocycles. The van der Waals surface area contributed by atoms with Crippen LogP contribution in [-0.4, -0.2) is 39.0 Å². The number of ether oxygens (including phenoxy) is 5. The molecule has 0 aliphatic carbocycles. The van der Waals surface area contributed by atoms with Gasteiger partial charge in [0, 0.05) is 6.07 Å². The van der Waals surface area contributed by atoms with Crippen LogP contribution in [0.1, 0.15) is 17.3 Å². The van der Waals surface area contributed by atoms with E-state index in [4.69, 9.17) is 23.7 Å². The van der Waals surface area contributed by atoms with Gasteiger partial charge in [-0.05, 0) is 37.3 Å². The van der Waals surface area contributed by atoms with Gasteiger partial charge in [0.1, 0.15) is 11.5 Å². The van der Waals surface area contributed by atoms with E-state index in [1.54, 1.807) is 30.3 Å². The van der Waals surface area contributed by atoms with Crippen molar-refractivity contribution in [2.75, 3.05) is 26.3 Å². The average molecular weight is 373 g/mol. The Balaban J connectivity index is 1.66. The number of amides is 1. The van der Waals surface area contributed by atoms with E-state index in [1.165, 1.54) is 27.2 Å². The largest absolute Gasteiger partial charge is 0.497 e. The fourth-order valence-corrected chi connectivity index (χ4v) is 2.45. The molecule has 0 unspecified atom stereocenters. The molecule has 2 aromatic rings. The standard InChI is InChI=1S/C19H19NO7/c1-11(18(21)20-14-9-13(23-2)5-7-15(14)24-3)27-19(22)12-4-6-16-17(8-12)26-10-25-16/h4-9,11H,10H2,1-3H3,(H,20,21)/t11-/m1/s1. The molecule has 0 spiro atoms. The lowest BCUT2D eigenvalue weighted by Gasteiger charge is -2.16. The number of hydrogen-bond donors (Lipinski definition) is 1. The van der Waals surface area contributed by atoms with E-state index in [9.17, 15) is 9.59 Å². The Morgan fingerprint density at radius 3 is 2.56 bits per heavy atom. The van der Waals surface area contributed by atoms with Gasteiger partial charge in [0.05, 0.1) is 25.5 Å². The summed E-state index contributed by atoms with van der Waals surface area (Å²) in [7, 11) is 3.00. The van der Waals surface area contributed by atoms with Crippen LogP contribution in [0.15, 0.2) is 36.4 Å². The van der Waals surface area contributed by atoms with Crippen LogP contribution in [-0.2, 0) is 9.53 Å². The maximum absolute atomic E-state index is 12.4. The fraction of sp³-hybridized carbons (Fsp3) is 0.263. The van der Waals surface area contributed by atoms with E-state index >= 15 is 0 Å². The highest BCUT2D eigenvalue weighted by Crippen LogP contribution is 2.33. The van der Waals surface area contributed by atoms with Crippen LogP contribution >= 0.6 is 0 Å². The molecule has 0 bridgehead atoms. The van der Waals surface area contributed by atoms with Crippen molar-refractivity contribution in [1.82, 2.24) is 0 Å². The monoisotopic (exact) mass is 373 g/mol. The molecule has 0 saturated carbocycles. The molecule has 142 valence electrons. The summed E-state index contributed by atoms with van der Waals surface area (Å²) >= 11 is 0. The number of carbonyl (C=O) groups is 2. The lowest BCUT2D eigenvalue weighted by Crippen LogP contribution is -2.30. The third-order valence-corrected chi connectivity index (χ3v) is 3.93. The first-order valence-electron chi connectivity index (χ1n) is 8.15. The average Bonchev–Trinajstić information content (AvgIpc) is 3.15. The Morgan fingerprint density at radius 1 is 1.04 bits per heavy atom. The van der Waals surface area contributed by atoms with E-state index in [-0.39, 0.29) is 12.4 Å². The van der Waals surface area contributed by atoms with Crippen LogP contribution in [0.3, 0.4) is 0 Å². The first kappa shape index (κ1) is 18.4. The number of fused-ring (bicyclic) bond motifs is 1. The van der Waals surface area contributed by atoms with Crippen LogP contribution in [0, 0.1) is 0 Å². The van der Waals surface area contributed by atoms with Gasteiger partial charge in [0.25, 0.3) is 5.91 Å². The highest BCUT2D eigenvalue weighted by atomic mass is 16.7. The number of carbonyl (C=O) groups excluding carboxylic acids is 2. The van der Waals surface area contributed by atoms with Gasteiger partial charge >= 0.3 is 5.97 Å². The Labute approximate surface area is 155 Å². The summed E-state index contributed by atoms with van der Waals surface area (Å²) in [6, 6.07) is 9.66. The molecule has 1 aliphatic rings. The van der Waals surface area contributed by atoms with Crippen LogP contribution in [0.4, 0.5) is 5.69 Å². The van der Waals surface area contributed by atoms with Crippen molar-refractivity contribution in [2.45, 2.75) is 13.0 Å². The molecule has 1 amide bonds. The van der Waals surface area contributed by atoms with E-state index in [0.29, 0.717) is 28.7 Å². The van der Waals surface area contributed by atoms with Gasteiger partial charge in [-0.3, -0.25) is 4.79 Å². The zero-order valence-corrected chi connectivity index (χ0v) is 15.1. The van der Waals surface area contributed by atoms with Crippen molar-refractivity contribution in [1.29, 1.82) is 0 Å². The van der Waals surface area contributed by atoms with E-state index in [2.05, 4.69) is 5.32 Å². The van der Waals surface area contributed by atoms with Crippen molar-refractivity contribution in [2.24, 2.45) is 0 Å². The predicted octanol–water partition coefficient (Wildman–Crippen LogP) is 2.62. The maximum Gasteiger partial charge on any atom is 0.339 e. The van der Waals surface area contributed by atoms with Gasteiger partial charge < -0.3 is 29.0 Å². The first-order valence-corrected chi connectivity index (χ1v) is 8.15. The zero-order valence-electron chi connectivity index (χ0n) is 15.1. The number of methoxy groups -OCH3 is 2. The van der Waals surface area contributed by atoms with Crippen molar-refractivity contribution in [3.8, 4) is 23.0 Å². The van der Waals surface area contributed by atoms with Crippen LogP contribution in [0.2, 0.25) is 0 Å². The number of hydrogen-bond acceptors (Lipinski definition) is 7. The van der Waals surface area contributed by atoms with Gasteiger partial charge in [-0.2, -0.15) is 0 Å². The molecule has 1 heterocycles. The highest BCUT2D eigenvalue weighted by Gasteiger charge is 2.22. The SMILES string of the molecule is COc1ccc(OC)c(NC(=O)[C@@H](C)OC(=O)c2ccc3c(c2)OCO3)c1. The Morgan fingerprint density at radius 2 is 1.81 bits per heavy atom. The van der Waals surface area contributed by atoms with Gasteiger partial charge in [-0.1, -0.05) is 0 Å². The molecule has 1 atom stereocenters. The van der Waals surface area contributed by atoms with Crippen LogP contribution in [0.25, 0.3) is 0 Å². The molecule has 1 N–H and O–H groups in total. The highest BCUT2D eigenvalue weighted by molar-refractivity contribution is 5.98. The smallest absolute Gasteiger partial charge is 0.339 e. The zero-order chi connectivity index (χ0) is 19.4. The number of nitrogens with one attached hydrogen (secondary N) is 1. The third-order valence-electron chi connectivity index (χ3n) is 3.93. The Kier molecular flexibility index (Phi) is 5.35. The molecule has 2 aromatic carbocycles. The van der Waals surface area contributed by atoms with E-state index < -0.39 is 18.0 Å². The topological polar surface area (TPSA) is 92.3 Å². The minimum Gasteiger partial charge on any atom is -0.497 e. The normalized spacial score (nSPS) is 12.9. The third kappa shape index (κ3) is 4.05. The summed E-state index contributed by atoms with van der Waals surface area (Å²) in [6.45, 7) is 1.59. The molecular weight excluding hydrogens is 354 g/mol. The second-order valence-corrected chi connectivity index (χ2v) is 5.67. The molecule has 8 heteroatoms. The Hall–Kier alpha value is -3.42. The summed E-state index contributed by atoms with van der Waals surface area (Å²) in [6.07, 6.45) is -1.03. The maximum atomic E-state index is 12.4. The summed E-state index contributed by atoms with van der Waals surface area (Å²) in [4.78, 5) is 24.7. The summed E-state index contributed by atoms with van der Waals surface area (Å²) in [5.74, 6) is 0.879. The number of rotatable bonds is 6. The van der Waals surface area contributed by atoms with Crippen molar-refractivity contribution in [3.63, 3.8) is 0 Å². The number of esters is 1. The quantitative estimate of drug-likeness (QED) is 0.778. The van der Waals surface area contributed by atoms with Gasteiger partial charge in [0.15, 0.2) is 17.6 Å². The lowest BCUT2D eigenvalue weighted by atomic mass is 10.2. The van der Waals surface area contributed by atoms with Crippen molar-refractivity contribution in [3.05, 3.63) is 42.0 Å². The molecular formula is C19H19NO7. The molecule has 0 radical (unpaired) electrons. The van der Waals surface area contributed by atoms with Gasteiger partial charge in [0.2, 0.25) is 6.79 Å². The lowest BCUT2D eigenvalue weighted by molar-refractivity contribution is -0.123. The van der Waals surface area contributed by atoms with Crippen molar-refractivity contribution >= 4 is 17.6 Å². The summed E-state index contributed by atoms with van der Waals surface area (Å²) in [5, 5.41) is 2.67. The van der Waals surface area contributed by atoms with E-state index in [1.807, 2.05) is 0 Å².